The molecular formula is C16H9ClLiN3O5S. The Morgan fingerprint density at radius 3 is 2.81 bits per heavy atom. The maximum atomic E-state index is 12.2. The van der Waals surface area contributed by atoms with Crippen molar-refractivity contribution in [2.24, 2.45) is 0 Å². The van der Waals surface area contributed by atoms with Gasteiger partial charge in [0, 0.05) is 23.5 Å². The van der Waals surface area contributed by atoms with E-state index in [4.69, 9.17) is 16.0 Å². The molecule has 0 fully saturated rings. The fourth-order valence-electron chi connectivity index (χ4n) is 2.13. The third-order valence-electron chi connectivity index (χ3n) is 3.34. The number of hydrogen-bond acceptors (Lipinski definition) is 7. The predicted molar refractivity (Wildman–Crippen MR) is 96.5 cm³/mol. The van der Waals surface area contributed by atoms with Crippen LogP contribution in [0.1, 0.15) is 15.9 Å². The summed E-state index contributed by atoms with van der Waals surface area (Å²) in [5, 5.41) is 11.4. The molecule has 1 amide bonds. The third-order valence-corrected chi connectivity index (χ3v) is 4.40. The van der Waals surface area contributed by atoms with Gasteiger partial charge >= 0.3 is 24.5 Å². The summed E-state index contributed by atoms with van der Waals surface area (Å²) < 4.78 is 8.76. The van der Waals surface area contributed by atoms with Crippen molar-refractivity contribution in [3.63, 3.8) is 0 Å². The van der Waals surface area contributed by atoms with Crippen molar-refractivity contribution in [3.05, 3.63) is 79.0 Å². The van der Waals surface area contributed by atoms with Crippen LogP contribution in [0, 0.1) is 10.1 Å². The summed E-state index contributed by atoms with van der Waals surface area (Å²) in [6, 6.07) is 8.99. The fourth-order valence-corrected chi connectivity index (χ4v) is 2.91. The zero-order valence-electron chi connectivity index (χ0n) is 13.9. The molecule has 2 heterocycles. The predicted octanol–water partition coefficient (Wildman–Crippen LogP) is 1.06. The van der Waals surface area contributed by atoms with Crippen LogP contribution >= 0.6 is 23.5 Å². The Hall–Kier alpha value is -2.31. The number of carbonyl (C=O) groups excluding carboxylic acids is 1. The van der Waals surface area contributed by atoms with E-state index in [0.29, 0.717) is 22.9 Å². The number of aromatic nitrogens is 1. The molecule has 0 bridgehead atoms. The Balaban J connectivity index is 0.00000261. The number of hydrogen-bond donors (Lipinski definition) is 0. The monoisotopic (exact) mass is 397 g/mol. The number of halogens is 1. The number of nitro groups is 1. The summed E-state index contributed by atoms with van der Waals surface area (Å²) in [5.74, 6) is -0.607. The number of pyridine rings is 1. The van der Waals surface area contributed by atoms with Crippen LogP contribution in [0.4, 0.5) is 5.69 Å². The minimum atomic E-state index is -0.873. The molecule has 0 unspecified atom stereocenters. The zero-order valence-corrected chi connectivity index (χ0v) is 15.5. The second kappa shape index (κ2) is 9.06. The average Bonchev–Trinajstić information content (AvgIpc) is 2.65. The first-order valence-electron chi connectivity index (χ1n) is 7.14. The number of amides is 1. The van der Waals surface area contributed by atoms with Gasteiger partial charge < -0.3 is 13.9 Å². The van der Waals surface area contributed by atoms with Gasteiger partial charge in [-0.1, -0.05) is 6.07 Å². The van der Waals surface area contributed by atoms with Gasteiger partial charge in [0.05, 0.1) is 16.4 Å². The number of carbonyl (C=O) groups is 1. The molecule has 0 radical (unpaired) electrons. The minimum Gasteiger partial charge on any atom is -0.590 e. The smallest absolute Gasteiger partial charge is 0.590 e. The van der Waals surface area contributed by atoms with E-state index in [9.17, 15) is 19.7 Å². The molecule has 132 valence electrons. The van der Waals surface area contributed by atoms with Gasteiger partial charge in [0.1, 0.15) is 5.58 Å². The van der Waals surface area contributed by atoms with Crippen LogP contribution in [0.3, 0.4) is 0 Å². The van der Waals surface area contributed by atoms with E-state index in [0.717, 1.165) is 5.56 Å². The molecule has 0 aliphatic carbocycles. The van der Waals surface area contributed by atoms with Crippen molar-refractivity contribution < 1.29 is 33.0 Å². The molecule has 27 heavy (non-hydrogen) atoms. The largest absolute Gasteiger partial charge is 1.00 e. The van der Waals surface area contributed by atoms with Crippen LogP contribution in [0.5, 0.6) is 0 Å². The molecule has 0 aliphatic rings. The standard InChI is InChI=1S/C16H10ClN3O5S.Li/c17-8-9-3-4-13-10(6-9)7-11(16(22)25-13)14(21)19-26-15-12(20(23)24)2-1-5-18-15;/h1-7H,8H2,(H,19,21);/q;+1/p-1. The maximum Gasteiger partial charge on any atom is 1.00 e. The molecule has 3 rings (SSSR count). The van der Waals surface area contributed by atoms with Crippen molar-refractivity contribution in [1.29, 1.82) is 0 Å². The molecule has 0 aliphatic heterocycles. The molecule has 0 spiro atoms. The molecule has 0 saturated carbocycles. The normalized spacial score (nSPS) is 10.3. The molecule has 11 heteroatoms. The molecule has 0 atom stereocenters. The molecule has 8 nitrogen and oxygen atoms in total. The van der Waals surface area contributed by atoms with Crippen LogP contribution < -0.4 is 24.5 Å². The van der Waals surface area contributed by atoms with Gasteiger partial charge in [0.2, 0.25) is 0 Å². The third kappa shape index (κ3) is 4.70. The van der Waals surface area contributed by atoms with Gasteiger partial charge in [-0.15, -0.1) is 11.6 Å². The van der Waals surface area contributed by atoms with Crippen molar-refractivity contribution in [3.8, 4) is 0 Å². The summed E-state index contributed by atoms with van der Waals surface area (Å²) in [4.78, 5) is 38.4. The molecule has 3 aromatic rings. The van der Waals surface area contributed by atoms with Gasteiger partial charge in [-0.2, -0.15) is 11.9 Å². The number of fused-ring (bicyclic) bond motifs is 1. The molecular weight excluding hydrogens is 389 g/mol. The Labute approximate surface area is 173 Å². The van der Waals surface area contributed by atoms with E-state index in [1.807, 2.05) is 0 Å². The summed E-state index contributed by atoms with van der Waals surface area (Å²) in [6.45, 7) is 0. The van der Waals surface area contributed by atoms with Gasteiger partial charge in [0.15, 0.2) is 5.03 Å². The molecule has 0 N–H and O–H groups in total. The van der Waals surface area contributed by atoms with E-state index in [1.54, 1.807) is 18.2 Å². The summed E-state index contributed by atoms with van der Waals surface area (Å²) in [7, 11) is 0. The first-order valence-corrected chi connectivity index (χ1v) is 8.45. The topological polar surface area (TPSA) is 117 Å². The summed E-state index contributed by atoms with van der Waals surface area (Å²) >= 11 is 6.30. The molecule has 1 aromatic carbocycles. The first kappa shape index (κ1) is 21.0. The Bertz CT molecular complexity index is 1080. The van der Waals surface area contributed by atoms with E-state index >= 15 is 0 Å². The molecule has 2 aromatic heterocycles. The van der Waals surface area contributed by atoms with Gasteiger partial charge in [-0.3, -0.25) is 10.1 Å². The first-order chi connectivity index (χ1) is 12.5. The summed E-state index contributed by atoms with van der Waals surface area (Å²) in [5.41, 5.74) is -0.307. The number of benzene rings is 1. The van der Waals surface area contributed by atoms with Crippen molar-refractivity contribution >= 4 is 46.1 Å². The SMILES string of the molecule is O=C([N-]Sc1ncccc1[N+](=O)[O-])c1cc2cc(CCl)ccc2oc1=O.[Li+]. The van der Waals surface area contributed by atoms with Crippen LogP contribution in [-0.2, 0) is 5.88 Å². The minimum absolute atomic E-state index is 0. The zero-order chi connectivity index (χ0) is 18.7. The van der Waals surface area contributed by atoms with E-state index in [-0.39, 0.29) is 41.0 Å². The van der Waals surface area contributed by atoms with Gasteiger partial charge in [-0.05, 0) is 29.8 Å². The van der Waals surface area contributed by atoms with Crippen molar-refractivity contribution in [2.75, 3.05) is 0 Å². The second-order valence-electron chi connectivity index (χ2n) is 5.03. The van der Waals surface area contributed by atoms with E-state index < -0.39 is 16.5 Å². The van der Waals surface area contributed by atoms with Gasteiger partial charge in [-0.25, -0.2) is 9.78 Å². The Morgan fingerprint density at radius 1 is 1.33 bits per heavy atom. The van der Waals surface area contributed by atoms with E-state index in [1.165, 1.54) is 24.4 Å². The van der Waals surface area contributed by atoms with Crippen LogP contribution in [0.2, 0.25) is 0 Å². The van der Waals surface area contributed by atoms with Crippen molar-refractivity contribution in [1.82, 2.24) is 4.98 Å². The summed E-state index contributed by atoms with van der Waals surface area (Å²) in [6.07, 6.45) is 1.34. The average molecular weight is 398 g/mol. The maximum absolute atomic E-state index is 12.2. The molecule has 0 saturated heterocycles. The van der Waals surface area contributed by atoms with Crippen molar-refractivity contribution in [2.45, 2.75) is 10.9 Å². The Morgan fingerprint density at radius 2 is 2.11 bits per heavy atom. The van der Waals surface area contributed by atoms with Gasteiger partial charge in [0.25, 0.3) is 5.69 Å². The van der Waals surface area contributed by atoms with Crippen LogP contribution in [-0.4, -0.2) is 15.8 Å². The van der Waals surface area contributed by atoms with E-state index in [2.05, 4.69) is 9.71 Å². The fraction of sp³-hybridized carbons (Fsp3) is 0.0625. The number of alkyl halides is 1. The van der Waals surface area contributed by atoms with Crippen LogP contribution in [0.25, 0.3) is 15.7 Å². The quantitative estimate of drug-likeness (QED) is 0.158. The number of rotatable bonds is 5. The van der Waals surface area contributed by atoms with Crippen LogP contribution in [0.15, 0.2) is 56.8 Å². The second-order valence-corrected chi connectivity index (χ2v) is 6.04. The Kier molecular flexibility index (Phi) is 7.04. The number of nitrogens with zero attached hydrogens (tertiary/aromatic N) is 3.